The number of benzene rings is 1. The maximum absolute atomic E-state index is 12.4. The quantitative estimate of drug-likeness (QED) is 0.738. The highest BCUT2D eigenvalue weighted by molar-refractivity contribution is 6.30. The molecular weight excluding hydrogens is 373 g/mol. The first-order valence-electron chi connectivity index (χ1n) is 8.47. The minimum atomic E-state index is -0.0926. The van der Waals surface area contributed by atoms with E-state index in [1.165, 1.54) is 5.56 Å². The van der Waals surface area contributed by atoms with Gasteiger partial charge in [0.05, 0.1) is 6.54 Å². The Hall–Kier alpha value is -1.86. The third-order valence-corrected chi connectivity index (χ3v) is 4.91. The fourth-order valence-electron chi connectivity index (χ4n) is 3.39. The van der Waals surface area contributed by atoms with E-state index in [1.807, 2.05) is 36.4 Å². The van der Waals surface area contributed by atoms with Crippen LogP contribution in [0.15, 0.2) is 53.5 Å². The first kappa shape index (κ1) is 18.9. The molecule has 1 N–H and O–H groups in total. The van der Waals surface area contributed by atoms with Crippen LogP contribution in [-0.2, 0) is 6.54 Å². The Kier molecular flexibility index (Phi) is 5.98. The first-order chi connectivity index (χ1) is 12.2. The number of hydrogen-bond acceptors (Lipinski definition) is 4. The highest BCUT2D eigenvalue weighted by Gasteiger charge is 2.24. The molecule has 1 aliphatic rings. The fraction of sp³-hybridized carbons (Fsp3) is 0.333. The van der Waals surface area contributed by atoms with E-state index in [-0.39, 0.29) is 24.1 Å². The van der Waals surface area contributed by atoms with E-state index < -0.39 is 0 Å². The van der Waals surface area contributed by atoms with E-state index in [9.17, 15) is 4.79 Å². The molecule has 4 rings (SSSR count). The van der Waals surface area contributed by atoms with Crippen LogP contribution >= 0.6 is 24.0 Å². The monoisotopic (exact) mass is 393 g/mol. The number of fused-ring (bicyclic) bond motifs is 1. The van der Waals surface area contributed by atoms with Gasteiger partial charge in [-0.25, -0.2) is 9.48 Å². The highest BCUT2D eigenvalue weighted by Crippen LogP contribution is 2.24. The summed E-state index contributed by atoms with van der Waals surface area (Å²) in [4.78, 5) is 14.8. The van der Waals surface area contributed by atoms with Crippen LogP contribution in [0.2, 0.25) is 5.02 Å². The van der Waals surface area contributed by atoms with Crippen molar-refractivity contribution in [1.82, 2.24) is 24.4 Å². The van der Waals surface area contributed by atoms with Crippen LogP contribution in [0.1, 0.15) is 11.6 Å². The van der Waals surface area contributed by atoms with E-state index in [1.54, 1.807) is 15.3 Å². The lowest BCUT2D eigenvalue weighted by molar-refractivity contribution is 0.154. The van der Waals surface area contributed by atoms with Crippen molar-refractivity contribution in [3.8, 4) is 0 Å². The molecule has 26 heavy (non-hydrogen) atoms. The van der Waals surface area contributed by atoms with Gasteiger partial charge in [-0.2, -0.15) is 0 Å². The average Bonchev–Trinajstić information content (AvgIpc) is 2.96. The van der Waals surface area contributed by atoms with Gasteiger partial charge < -0.3 is 5.32 Å². The molecule has 1 aliphatic heterocycles. The van der Waals surface area contributed by atoms with Crippen LogP contribution < -0.4 is 11.0 Å². The Labute approximate surface area is 162 Å². The van der Waals surface area contributed by atoms with Crippen molar-refractivity contribution >= 4 is 29.7 Å². The van der Waals surface area contributed by atoms with Gasteiger partial charge in [-0.1, -0.05) is 29.8 Å². The number of nitrogens with one attached hydrogen (secondary N) is 1. The van der Waals surface area contributed by atoms with E-state index in [0.717, 1.165) is 31.2 Å². The molecule has 138 valence electrons. The number of nitrogens with zero attached hydrogens (tertiary/aromatic N) is 4. The van der Waals surface area contributed by atoms with Gasteiger partial charge in [-0.15, -0.1) is 17.5 Å². The van der Waals surface area contributed by atoms with E-state index in [0.29, 0.717) is 12.2 Å². The van der Waals surface area contributed by atoms with Crippen molar-refractivity contribution in [2.24, 2.45) is 0 Å². The summed E-state index contributed by atoms with van der Waals surface area (Å²) in [6, 6.07) is 13.8. The van der Waals surface area contributed by atoms with E-state index >= 15 is 0 Å². The SMILES string of the molecule is Cl.O=c1n(CCN2CCNCC2c2cccc(Cl)c2)nc2ccccn12. The first-order valence-corrected chi connectivity index (χ1v) is 8.84. The molecule has 3 heterocycles. The Morgan fingerprint density at radius 1 is 1.19 bits per heavy atom. The third kappa shape index (κ3) is 3.78. The molecule has 6 nitrogen and oxygen atoms in total. The summed E-state index contributed by atoms with van der Waals surface area (Å²) in [6.07, 6.45) is 1.75. The van der Waals surface area contributed by atoms with Gasteiger partial charge in [-0.3, -0.25) is 9.30 Å². The molecule has 0 amide bonds. The second kappa shape index (κ2) is 8.22. The molecule has 0 bridgehead atoms. The number of piperazine rings is 1. The molecule has 0 radical (unpaired) electrons. The molecule has 1 aromatic carbocycles. The van der Waals surface area contributed by atoms with Crippen LogP contribution in [-0.4, -0.2) is 45.3 Å². The molecular formula is C18H21Cl2N5O. The maximum atomic E-state index is 12.4. The number of hydrogen-bond donors (Lipinski definition) is 1. The molecule has 8 heteroatoms. The third-order valence-electron chi connectivity index (χ3n) is 4.68. The van der Waals surface area contributed by atoms with Gasteiger partial charge in [0.25, 0.3) is 0 Å². The van der Waals surface area contributed by atoms with Crippen molar-refractivity contribution in [1.29, 1.82) is 0 Å². The van der Waals surface area contributed by atoms with Crippen molar-refractivity contribution in [3.05, 3.63) is 69.7 Å². The number of rotatable bonds is 4. The molecule has 2 aromatic heterocycles. The highest BCUT2D eigenvalue weighted by atomic mass is 35.5. The predicted molar refractivity (Wildman–Crippen MR) is 105 cm³/mol. The molecule has 3 aromatic rings. The number of halogens is 2. The van der Waals surface area contributed by atoms with Gasteiger partial charge in [0.2, 0.25) is 0 Å². The maximum Gasteiger partial charge on any atom is 0.350 e. The van der Waals surface area contributed by atoms with Gasteiger partial charge in [-0.05, 0) is 29.8 Å². The molecule has 0 saturated carbocycles. The van der Waals surface area contributed by atoms with Crippen LogP contribution in [0.4, 0.5) is 0 Å². The summed E-state index contributed by atoms with van der Waals surface area (Å²) < 4.78 is 3.12. The topological polar surface area (TPSA) is 54.6 Å². The molecule has 0 spiro atoms. The Bertz CT molecular complexity index is 938. The standard InChI is InChI=1S/C18H20ClN5O.ClH/c19-15-5-3-4-14(12-15)16-13-20-7-9-22(16)10-11-24-18(25)23-8-2-1-6-17(23)21-24;/h1-6,8,12,16,20H,7,9-11,13H2;1H. The fourth-order valence-corrected chi connectivity index (χ4v) is 3.59. The zero-order chi connectivity index (χ0) is 17.2. The lowest BCUT2D eigenvalue weighted by Gasteiger charge is -2.36. The summed E-state index contributed by atoms with van der Waals surface area (Å²) in [5.74, 6) is 0. The van der Waals surface area contributed by atoms with Gasteiger partial charge in [0.1, 0.15) is 0 Å². The smallest absolute Gasteiger partial charge is 0.314 e. The van der Waals surface area contributed by atoms with Crippen molar-refractivity contribution in [3.63, 3.8) is 0 Å². The molecule has 1 saturated heterocycles. The van der Waals surface area contributed by atoms with Gasteiger partial charge >= 0.3 is 5.69 Å². The van der Waals surface area contributed by atoms with Crippen molar-refractivity contribution in [2.75, 3.05) is 26.2 Å². The molecule has 1 fully saturated rings. The molecule has 1 unspecified atom stereocenters. The normalized spacial score (nSPS) is 18.0. The zero-order valence-corrected chi connectivity index (χ0v) is 15.8. The summed E-state index contributed by atoms with van der Waals surface area (Å²) in [5, 5.41) is 8.60. The average molecular weight is 394 g/mol. The Morgan fingerprint density at radius 3 is 2.88 bits per heavy atom. The lowest BCUT2D eigenvalue weighted by Crippen LogP contribution is -2.47. The minimum absolute atomic E-state index is 0. The lowest BCUT2D eigenvalue weighted by atomic mass is 10.0. The van der Waals surface area contributed by atoms with Crippen molar-refractivity contribution < 1.29 is 0 Å². The van der Waals surface area contributed by atoms with Gasteiger partial charge in [0.15, 0.2) is 5.65 Å². The van der Waals surface area contributed by atoms with Crippen LogP contribution in [0.5, 0.6) is 0 Å². The zero-order valence-electron chi connectivity index (χ0n) is 14.2. The summed E-state index contributed by atoms with van der Waals surface area (Å²) in [6.45, 7) is 4.08. The Morgan fingerprint density at radius 2 is 2.08 bits per heavy atom. The van der Waals surface area contributed by atoms with Crippen LogP contribution in [0.3, 0.4) is 0 Å². The molecule has 1 atom stereocenters. The van der Waals surface area contributed by atoms with E-state index in [4.69, 9.17) is 11.6 Å². The summed E-state index contributed by atoms with van der Waals surface area (Å²) >= 11 is 6.15. The van der Waals surface area contributed by atoms with Crippen LogP contribution in [0, 0.1) is 0 Å². The second-order valence-corrected chi connectivity index (χ2v) is 6.68. The van der Waals surface area contributed by atoms with Gasteiger partial charge in [0, 0.05) is 43.4 Å². The van der Waals surface area contributed by atoms with Crippen LogP contribution in [0.25, 0.3) is 5.65 Å². The summed E-state index contributed by atoms with van der Waals surface area (Å²) in [7, 11) is 0. The predicted octanol–water partition coefficient (Wildman–Crippen LogP) is 2.22. The number of pyridine rings is 1. The molecule has 0 aliphatic carbocycles. The minimum Gasteiger partial charge on any atom is -0.314 e. The van der Waals surface area contributed by atoms with E-state index in [2.05, 4.69) is 21.4 Å². The Balaban J connectivity index is 0.00000196. The van der Waals surface area contributed by atoms with Crippen molar-refractivity contribution in [2.45, 2.75) is 12.6 Å². The second-order valence-electron chi connectivity index (χ2n) is 6.25. The largest absolute Gasteiger partial charge is 0.350 e. The summed E-state index contributed by atoms with van der Waals surface area (Å²) in [5.41, 5.74) is 1.78. The number of aromatic nitrogens is 3.